The van der Waals surface area contributed by atoms with Crippen LogP contribution in [-0.4, -0.2) is 32.4 Å². The molecule has 108 valence electrons. The van der Waals surface area contributed by atoms with E-state index in [1.165, 1.54) is 11.3 Å². The van der Waals surface area contributed by atoms with Crippen LogP contribution in [0.25, 0.3) is 0 Å². The van der Waals surface area contributed by atoms with Gasteiger partial charge >= 0.3 is 0 Å². The van der Waals surface area contributed by atoms with Crippen LogP contribution in [-0.2, 0) is 10.0 Å². The summed E-state index contributed by atoms with van der Waals surface area (Å²) in [6.07, 6.45) is 3.01. The Morgan fingerprint density at radius 3 is 2.63 bits per heavy atom. The summed E-state index contributed by atoms with van der Waals surface area (Å²) in [5, 5.41) is 0. The number of hydrogen-bond donors (Lipinski definition) is 1. The van der Waals surface area contributed by atoms with Crippen LogP contribution >= 0.6 is 11.3 Å². The van der Waals surface area contributed by atoms with Crippen molar-refractivity contribution in [2.75, 3.05) is 13.6 Å². The van der Waals surface area contributed by atoms with Crippen LogP contribution in [0.2, 0.25) is 0 Å². The Hall–Kier alpha value is -0.430. The van der Waals surface area contributed by atoms with Crippen LogP contribution < -0.4 is 5.73 Å². The van der Waals surface area contributed by atoms with Crippen molar-refractivity contribution in [3.8, 4) is 0 Å². The maximum absolute atomic E-state index is 12.7. The van der Waals surface area contributed by atoms with E-state index in [9.17, 15) is 8.42 Å². The summed E-state index contributed by atoms with van der Waals surface area (Å²) >= 11 is 1.53. The van der Waals surface area contributed by atoms with Gasteiger partial charge in [0.05, 0.1) is 4.90 Å². The molecular formula is C13H22N2O2S2. The lowest BCUT2D eigenvalue weighted by molar-refractivity contribution is 0.304. The third kappa shape index (κ3) is 2.72. The zero-order chi connectivity index (χ0) is 14.2. The van der Waals surface area contributed by atoms with Crippen molar-refractivity contribution in [3.05, 3.63) is 15.8 Å². The number of aryl methyl sites for hydroxylation is 2. The number of nitrogens with two attached hydrogens (primary N) is 1. The van der Waals surface area contributed by atoms with Gasteiger partial charge in [-0.15, -0.1) is 11.3 Å². The highest BCUT2D eigenvalue weighted by molar-refractivity contribution is 7.89. The zero-order valence-electron chi connectivity index (χ0n) is 11.7. The van der Waals surface area contributed by atoms with E-state index in [0.29, 0.717) is 17.4 Å². The minimum Gasteiger partial charge on any atom is -0.330 e. The number of nitrogens with zero attached hydrogens (tertiary/aromatic N) is 1. The molecule has 0 saturated heterocycles. The van der Waals surface area contributed by atoms with Crippen molar-refractivity contribution >= 4 is 21.4 Å². The topological polar surface area (TPSA) is 63.4 Å². The summed E-state index contributed by atoms with van der Waals surface area (Å²) in [5.41, 5.74) is 5.76. The van der Waals surface area contributed by atoms with E-state index in [-0.39, 0.29) is 6.04 Å². The molecule has 0 aliphatic heterocycles. The van der Waals surface area contributed by atoms with E-state index in [0.717, 1.165) is 29.0 Å². The van der Waals surface area contributed by atoms with E-state index in [2.05, 4.69) is 0 Å². The highest BCUT2D eigenvalue weighted by Crippen LogP contribution is 2.34. The highest BCUT2D eigenvalue weighted by Gasteiger charge is 2.36. The summed E-state index contributed by atoms with van der Waals surface area (Å²) in [7, 11) is -1.69. The first kappa shape index (κ1) is 15.0. The van der Waals surface area contributed by atoms with Crippen molar-refractivity contribution in [2.24, 2.45) is 11.7 Å². The fourth-order valence-corrected chi connectivity index (χ4v) is 5.94. The second kappa shape index (κ2) is 5.52. The lowest BCUT2D eigenvalue weighted by atomic mass is 10.0. The minimum absolute atomic E-state index is 0.0506. The Morgan fingerprint density at radius 1 is 1.42 bits per heavy atom. The highest BCUT2D eigenvalue weighted by atomic mass is 32.2. The fraction of sp³-hybridized carbons (Fsp3) is 0.692. The molecule has 1 aromatic heterocycles. The van der Waals surface area contributed by atoms with Gasteiger partial charge in [0.1, 0.15) is 0 Å². The average molecular weight is 302 g/mol. The number of hydrogen-bond acceptors (Lipinski definition) is 4. The molecule has 1 fully saturated rings. The molecule has 1 heterocycles. The Morgan fingerprint density at radius 2 is 2.11 bits per heavy atom. The lowest BCUT2D eigenvalue weighted by Crippen LogP contribution is -2.41. The molecule has 2 rings (SSSR count). The zero-order valence-corrected chi connectivity index (χ0v) is 13.4. The molecule has 1 aliphatic carbocycles. The molecule has 1 aliphatic rings. The molecular weight excluding hydrogens is 280 g/mol. The van der Waals surface area contributed by atoms with Gasteiger partial charge in [-0.2, -0.15) is 4.31 Å². The molecule has 0 aromatic carbocycles. The molecule has 0 bridgehead atoms. The third-order valence-corrected chi connectivity index (χ3v) is 7.15. The largest absolute Gasteiger partial charge is 0.330 e. The van der Waals surface area contributed by atoms with E-state index in [4.69, 9.17) is 5.73 Å². The van der Waals surface area contributed by atoms with Crippen LogP contribution in [0.3, 0.4) is 0 Å². The minimum atomic E-state index is -3.39. The summed E-state index contributed by atoms with van der Waals surface area (Å²) in [6.45, 7) is 4.37. The van der Waals surface area contributed by atoms with E-state index in [1.54, 1.807) is 17.4 Å². The summed E-state index contributed by atoms with van der Waals surface area (Å²) in [5.74, 6) is 0.291. The number of sulfonamides is 1. The van der Waals surface area contributed by atoms with Crippen molar-refractivity contribution in [1.82, 2.24) is 4.31 Å². The Kier molecular flexibility index (Phi) is 4.35. The first-order chi connectivity index (χ1) is 8.87. The van der Waals surface area contributed by atoms with Crippen LogP contribution in [0.15, 0.2) is 11.0 Å². The second-order valence-corrected chi connectivity index (χ2v) is 8.72. The fourth-order valence-electron chi connectivity index (χ4n) is 2.97. The van der Waals surface area contributed by atoms with Crippen LogP contribution in [0.1, 0.15) is 29.0 Å². The molecule has 0 spiro atoms. The first-order valence-corrected chi connectivity index (χ1v) is 8.88. The Bertz CT molecular complexity index is 551. The second-order valence-electron chi connectivity index (χ2n) is 5.29. The predicted octanol–water partition coefficient (Wildman–Crippen LogP) is 2.11. The molecule has 1 saturated carbocycles. The predicted molar refractivity (Wildman–Crippen MR) is 78.9 cm³/mol. The van der Waals surface area contributed by atoms with Gasteiger partial charge in [-0.1, -0.05) is 6.42 Å². The molecule has 6 heteroatoms. The lowest BCUT2D eigenvalue weighted by Gasteiger charge is -2.28. The summed E-state index contributed by atoms with van der Waals surface area (Å²) in [6, 6.07) is 1.83. The quantitative estimate of drug-likeness (QED) is 0.926. The van der Waals surface area contributed by atoms with Gasteiger partial charge in [0.2, 0.25) is 10.0 Å². The van der Waals surface area contributed by atoms with Crippen LogP contribution in [0.5, 0.6) is 0 Å². The molecule has 2 atom stereocenters. The van der Waals surface area contributed by atoms with Crippen molar-refractivity contribution in [2.45, 2.75) is 44.0 Å². The standard InChI is InChI=1S/C13H22N2O2S2/c1-9-7-13(10(2)18-9)19(16,17)15(3)12-6-4-5-11(12)8-14/h7,11-12H,4-6,8,14H2,1-3H3. The average Bonchev–Trinajstić information content (AvgIpc) is 2.94. The van der Waals surface area contributed by atoms with Gasteiger partial charge in [0.25, 0.3) is 0 Å². The number of rotatable bonds is 4. The van der Waals surface area contributed by atoms with Gasteiger partial charge in [0, 0.05) is 22.8 Å². The molecule has 19 heavy (non-hydrogen) atoms. The molecule has 0 radical (unpaired) electrons. The normalized spacial score (nSPS) is 24.3. The molecule has 0 amide bonds. The molecule has 2 N–H and O–H groups in total. The van der Waals surface area contributed by atoms with Gasteiger partial charge < -0.3 is 5.73 Å². The Labute approximate surface area is 119 Å². The third-order valence-electron chi connectivity index (χ3n) is 4.04. The van der Waals surface area contributed by atoms with E-state index in [1.807, 2.05) is 13.8 Å². The van der Waals surface area contributed by atoms with Crippen LogP contribution in [0.4, 0.5) is 0 Å². The van der Waals surface area contributed by atoms with Gasteiger partial charge in [-0.3, -0.25) is 0 Å². The van der Waals surface area contributed by atoms with Crippen molar-refractivity contribution < 1.29 is 8.42 Å². The van der Waals surface area contributed by atoms with E-state index >= 15 is 0 Å². The van der Waals surface area contributed by atoms with Gasteiger partial charge in [-0.25, -0.2) is 8.42 Å². The smallest absolute Gasteiger partial charge is 0.244 e. The van der Waals surface area contributed by atoms with Crippen molar-refractivity contribution in [3.63, 3.8) is 0 Å². The SMILES string of the molecule is Cc1cc(S(=O)(=O)N(C)C2CCCC2CN)c(C)s1. The van der Waals surface area contributed by atoms with Gasteiger partial charge in [0.15, 0.2) is 0 Å². The summed E-state index contributed by atoms with van der Waals surface area (Å²) < 4.78 is 27.0. The van der Waals surface area contributed by atoms with Gasteiger partial charge in [-0.05, 0) is 45.2 Å². The Balaban J connectivity index is 2.31. The van der Waals surface area contributed by atoms with Crippen molar-refractivity contribution in [1.29, 1.82) is 0 Å². The molecule has 2 unspecified atom stereocenters. The summed E-state index contributed by atoms with van der Waals surface area (Å²) in [4.78, 5) is 2.36. The maximum atomic E-state index is 12.7. The number of thiophene rings is 1. The molecule has 4 nitrogen and oxygen atoms in total. The molecule has 1 aromatic rings. The monoisotopic (exact) mass is 302 g/mol. The maximum Gasteiger partial charge on any atom is 0.244 e. The van der Waals surface area contributed by atoms with Crippen LogP contribution in [0, 0.1) is 19.8 Å². The van der Waals surface area contributed by atoms with E-state index < -0.39 is 10.0 Å². The first-order valence-electron chi connectivity index (χ1n) is 6.63.